The highest BCUT2D eigenvalue weighted by molar-refractivity contribution is 5.95. The molecule has 1 aliphatic rings. The SMILES string of the molecule is COc1ccc(C(=O)N[C@@H]2CCC[C@@H]2C(=O)NCc2c(C)n[nH]c2C)cc1. The number of H-pyrrole nitrogens is 1. The highest BCUT2D eigenvalue weighted by Gasteiger charge is 2.34. The van der Waals surface area contributed by atoms with E-state index in [-0.39, 0.29) is 23.8 Å². The van der Waals surface area contributed by atoms with Crippen LogP contribution in [0.3, 0.4) is 0 Å². The minimum Gasteiger partial charge on any atom is -0.497 e. The molecule has 0 unspecified atom stereocenters. The number of amides is 2. The van der Waals surface area contributed by atoms with E-state index < -0.39 is 0 Å². The van der Waals surface area contributed by atoms with E-state index in [2.05, 4.69) is 20.8 Å². The number of carbonyl (C=O) groups is 2. The van der Waals surface area contributed by atoms with Gasteiger partial charge < -0.3 is 15.4 Å². The topological polar surface area (TPSA) is 96.1 Å². The van der Waals surface area contributed by atoms with Crippen LogP contribution in [-0.2, 0) is 11.3 Å². The molecule has 27 heavy (non-hydrogen) atoms. The van der Waals surface area contributed by atoms with Gasteiger partial charge in [0.2, 0.25) is 5.91 Å². The van der Waals surface area contributed by atoms with Gasteiger partial charge in [-0.3, -0.25) is 14.7 Å². The Morgan fingerprint density at radius 2 is 1.96 bits per heavy atom. The smallest absolute Gasteiger partial charge is 0.251 e. The second-order valence-corrected chi connectivity index (χ2v) is 6.98. The predicted molar refractivity (Wildman–Crippen MR) is 101 cm³/mol. The van der Waals surface area contributed by atoms with Gasteiger partial charge >= 0.3 is 0 Å². The summed E-state index contributed by atoms with van der Waals surface area (Å²) in [5.41, 5.74) is 3.43. The van der Waals surface area contributed by atoms with E-state index in [0.29, 0.717) is 17.9 Å². The number of aryl methyl sites for hydroxylation is 2. The molecule has 2 amide bonds. The average molecular weight is 370 g/mol. The molecule has 1 fully saturated rings. The number of nitrogens with zero attached hydrogens (tertiary/aromatic N) is 1. The van der Waals surface area contributed by atoms with Gasteiger partial charge in [-0.25, -0.2) is 0 Å². The fraction of sp³-hybridized carbons (Fsp3) is 0.450. The van der Waals surface area contributed by atoms with E-state index in [1.165, 1.54) is 0 Å². The summed E-state index contributed by atoms with van der Waals surface area (Å²) >= 11 is 0. The fourth-order valence-electron chi connectivity index (χ4n) is 3.58. The first-order chi connectivity index (χ1) is 13.0. The van der Waals surface area contributed by atoms with Crippen molar-refractivity contribution in [2.75, 3.05) is 7.11 Å². The van der Waals surface area contributed by atoms with Crippen LogP contribution in [0, 0.1) is 19.8 Å². The van der Waals surface area contributed by atoms with E-state index in [1.807, 2.05) is 13.8 Å². The summed E-state index contributed by atoms with van der Waals surface area (Å²) in [6.45, 7) is 4.30. The molecule has 2 aromatic rings. The molecule has 3 N–H and O–H groups in total. The van der Waals surface area contributed by atoms with Gasteiger partial charge in [0, 0.05) is 29.4 Å². The van der Waals surface area contributed by atoms with Crippen molar-refractivity contribution in [1.29, 1.82) is 0 Å². The Morgan fingerprint density at radius 1 is 1.22 bits per heavy atom. The maximum absolute atomic E-state index is 12.7. The number of benzene rings is 1. The van der Waals surface area contributed by atoms with E-state index in [4.69, 9.17) is 4.74 Å². The standard InChI is InChI=1S/C20H26N4O3/c1-12-17(13(2)24-23-12)11-21-20(26)16-5-4-6-18(16)22-19(25)14-7-9-15(27-3)10-8-14/h7-10,16,18H,4-6,11H2,1-3H3,(H,21,26)(H,22,25)(H,23,24)/t16-,18+/m0/s1. The molecule has 7 heteroatoms. The Morgan fingerprint density at radius 3 is 2.59 bits per heavy atom. The molecule has 1 saturated carbocycles. The number of hydrogen-bond acceptors (Lipinski definition) is 4. The zero-order valence-corrected chi connectivity index (χ0v) is 16.0. The fourth-order valence-corrected chi connectivity index (χ4v) is 3.58. The zero-order chi connectivity index (χ0) is 19.4. The summed E-state index contributed by atoms with van der Waals surface area (Å²) in [7, 11) is 1.59. The largest absolute Gasteiger partial charge is 0.497 e. The number of ether oxygens (including phenoxy) is 1. The summed E-state index contributed by atoms with van der Waals surface area (Å²) in [5, 5.41) is 13.1. The first-order valence-corrected chi connectivity index (χ1v) is 9.22. The summed E-state index contributed by atoms with van der Waals surface area (Å²) < 4.78 is 5.11. The summed E-state index contributed by atoms with van der Waals surface area (Å²) in [6, 6.07) is 6.81. The van der Waals surface area contributed by atoms with E-state index in [1.54, 1.807) is 31.4 Å². The predicted octanol–water partition coefficient (Wildman–Crippen LogP) is 2.25. The maximum Gasteiger partial charge on any atom is 0.251 e. The molecule has 144 valence electrons. The second kappa shape index (κ2) is 8.24. The molecular formula is C20H26N4O3. The number of hydrogen-bond donors (Lipinski definition) is 3. The van der Waals surface area contributed by atoms with E-state index in [0.717, 1.165) is 36.2 Å². The lowest BCUT2D eigenvalue weighted by Gasteiger charge is -2.20. The second-order valence-electron chi connectivity index (χ2n) is 6.98. The number of aromatic amines is 1. The van der Waals surface area contributed by atoms with Crippen LogP contribution in [-0.4, -0.2) is 35.2 Å². The van der Waals surface area contributed by atoms with Crippen molar-refractivity contribution in [3.8, 4) is 5.75 Å². The quantitative estimate of drug-likeness (QED) is 0.727. The lowest BCUT2D eigenvalue weighted by Crippen LogP contribution is -2.43. The molecule has 0 bridgehead atoms. The Hall–Kier alpha value is -2.83. The van der Waals surface area contributed by atoms with E-state index >= 15 is 0 Å². The molecule has 2 atom stereocenters. The van der Waals surface area contributed by atoms with Gasteiger partial charge in [0.05, 0.1) is 18.7 Å². The van der Waals surface area contributed by atoms with Crippen molar-refractivity contribution in [2.45, 2.75) is 45.7 Å². The zero-order valence-electron chi connectivity index (χ0n) is 16.0. The maximum atomic E-state index is 12.7. The minimum absolute atomic E-state index is 0.0208. The summed E-state index contributed by atoms with van der Waals surface area (Å²) in [4.78, 5) is 25.2. The molecule has 7 nitrogen and oxygen atoms in total. The van der Waals surface area contributed by atoms with Crippen molar-refractivity contribution in [2.24, 2.45) is 5.92 Å². The minimum atomic E-state index is -0.209. The van der Waals surface area contributed by atoms with Crippen LogP contribution in [0.2, 0.25) is 0 Å². The van der Waals surface area contributed by atoms with Crippen molar-refractivity contribution < 1.29 is 14.3 Å². The summed E-state index contributed by atoms with van der Waals surface area (Å²) in [5.74, 6) is 0.311. The van der Waals surface area contributed by atoms with Crippen LogP contribution in [0.15, 0.2) is 24.3 Å². The van der Waals surface area contributed by atoms with Crippen LogP contribution >= 0.6 is 0 Å². The third-order valence-corrected chi connectivity index (χ3v) is 5.24. The molecule has 0 spiro atoms. The van der Waals surface area contributed by atoms with Gasteiger partial charge in [-0.2, -0.15) is 5.10 Å². The molecule has 0 radical (unpaired) electrons. The third-order valence-electron chi connectivity index (χ3n) is 5.24. The molecule has 1 aromatic carbocycles. The van der Waals surface area contributed by atoms with Gasteiger partial charge in [-0.15, -0.1) is 0 Å². The Balaban J connectivity index is 1.59. The Labute approximate surface area is 158 Å². The normalized spacial score (nSPS) is 18.9. The highest BCUT2D eigenvalue weighted by Crippen LogP contribution is 2.26. The Bertz CT molecular complexity index is 794. The molecule has 3 rings (SSSR count). The number of methoxy groups -OCH3 is 1. The first kappa shape index (κ1) is 18.9. The number of rotatable bonds is 6. The highest BCUT2D eigenvalue weighted by atomic mass is 16.5. The van der Waals surface area contributed by atoms with Crippen LogP contribution < -0.4 is 15.4 Å². The van der Waals surface area contributed by atoms with Crippen LogP contribution in [0.25, 0.3) is 0 Å². The lowest BCUT2D eigenvalue weighted by molar-refractivity contribution is -0.125. The van der Waals surface area contributed by atoms with Crippen molar-refractivity contribution in [3.63, 3.8) is 0 Å². The van der Waals surface area contributed by atoms with Gasteiger partial charge in [-0.05, 0) is 51.0 Å². The number of aromatic nitrogens is 2. The van der Waals surface area contributed by atoms with Crippen molar-refractivity contribution >= 4 is 11.8 Å². The van der Waals surface area contributed by atoms with Gasteiger partial charge in [0.1, 0.15) is 5.75 Å². The molecular weight excluding hydrogens is 344 g/mol. The number of carbonyl (C=O) groups excluding carboxylic acids is 2. The molecule has 0 saturated heterocycles. The monoisotopic (exact) mass is 370 g/mol. The van der Waals surface area contributed by atoms with Gasteiger partial charge in [0.15, 0.2) is 0 Å². The molecule has 0 aliphatic heterocycles. The molecule has 1 aromatic heterocycles. The Kier molecular flexibility index (Phi) is 5.78. The molecule has 1 aliphatic carbocycles. The molecule has 1 heterocycles. The van der Waals surface area contributed by atoms with E-state index in [9.17, 15) is 9.59 Å². The first-order valence-electron chi connectivity index (χ1n) is 9.22. The third kappa shape index (κ3) is 4.30. The van der Waals surface area contributed by atoms with Gasteiger partial charge in [-0.1, -0.05) is 6.42 Å². The van der Waals surface area contributed by atoms with Crippen molar-refractivity contribution in [3.05, 3.63) is 46.8 Å². The van der Waals surface area contributed by atoms with Crippen LogP contribution in [0.4, 0.5) is 0 Å². The van der Waals surface area contributed by atoms with Crippen molar-refractivity contribution in [1.82, 2.24) is 20.8 Å². The lowest BCUT2D eigenvalue weighted by atomic mass is 10.0. The van der Waals surface area contributed by atoms with Gasteiger partial charge in [0.25, 0.3) is 5.91 Å². The summed E-state index contributed by atoms with van der Waals surface area (Å²) in [6.07, 6.45) is 2.52. The van der Waals surface area contributed by atoms with Crippen LogP contribution in [0.1, 0.15) is 46.6 Å². The number of nitrogens with one attached hydrogen (secondary N) is 3. The average Bonchev–Trinajstić information content (AvgIpc) is 3.26. The van der Waals surface area contributed by atoms with Crippen LogP contribution in [0.5, 0.6) is 5.75 Å².